The fourth-order valence-corrected chi connectivity index (χ4v) is 4.29. The third-order valence-corrected chi connectivity index (χ3v) is 5.12. The van der Waals surface area contributed by atoms with Gasteiger partial charge >= 0.3 is 5.97 Å². The molecule has 0 aromatic carbocycles. The van der Waals surface area contributed by atoms with Crippen LogP contribution in [0.4, 0.5) is 5.69 Å². The van der Waals surface area contributed by atoms with Gasteiger partial charge in [-0.2, -0.15) is 0 Å². The van der Waals surface area contributed by atoms with E-state index in [1.807, 2.05) is 6.92 Å². The summed E-state index contributed by atoms with van der Waals surface area (Å²) in [5.41, 5.74) is 0.0385. The van der Waals surface area contributed by atoms with Gasteiger partial charge in [-0.05, 0) is 26.0 Å². The summed E-state index contributed by atoms with van der Waals surface area (Å²) < 4.78 is 26.8. The zero-order chi connectivity index (χ0) is 14.9. The average molecular weight is 312 g/mol. The highest BCUT2D eigenvalue weighted by molar-refractivity contribution is 7.93. The molecule has 2 aromatic rings. The quantitative estimate of drug-likeness (QED) is 0.902. The van der Waals surface area contributed by atoms with Gasteiger partial charge in [-0.25, -0.2) is 13.2 Å². The molecule has 0 atom stereocenters. The molecule has 2 heterocycles. The second-order valence-corrected chi connectivity index (χ2v) is 7.26. The molecule has 0 spiro atoms. The van der Waals surface area contributed by atoms with Gasteiger partial charge in [0.25, 0.3) is 10.0 Å². The van der Waals surface area contributed by atoms with Crippen LogP contribution in [0.2, 0.25) is 0 Å². The summed E-state index contributed by atoms with van der Waals surface area (Å²) in [6.07, 6.45) is 2.42. The summed E-state index contributed by atoms with van der Waals surface area (Å²) in [4.78, 5) is 16.3. The number of anilines is 1. The second kappa shape index (κ2) is 5.22. The first-order valence-corrected chi connectivity index (χ1v) is 7.88. The Bertz CT molecular complexity index is 766. The first-order chi connectivity index (χ1) is 9.29. The second-order valence-electron chi connectivity index (χ2n) is 4.15. The number of rotatable bonds is 4. The van der Waals surface area contributed by atoms with Crippen molar-refractivity contribution in [3.63, 3.8) is 0 Å². The third kappa shape index (κ3) is 2.97. The van der Waals surface area contributed by atoms with E-state index in [4.69, 9.17) is 5.11 Å². The van der Waals surface area contributed by atoms with Gasteiger partial charge < -0.3 is 5.11 Å². The van der Waals surface area contributed by atoms with Gasteiger partial charge in [-0.1, -0.05) is 0 Å². The molecule has 0 radical (unpaired) electrons. The largest absolute Gasteiger partial charge is 0.478 e. The minimum Gasteiger partial charge on any atom is -0.478 e. The maximum atomic E-state index is 12.2. The molecule has 0 aliphatic heterocycles. The van der Waals surface area contributed by atoms with Crippen LogP contribution >= 0.6 is 11.3 Å². The van der Waals surface area contributed by atoms with Crippen LogP contribution in [0, 0.1) is 13.8 Å². The van der Waals surface area contributed by atoms with Gasteiger partial charge in [0.15, 0.2) is 0 Å². The molecular weight excluding hydrogens is 300 g/mol. The molecule has 0 fully saturated rings. The van der Waals surface area contributed by atoms with Crippen LogP contribution in [-0.2, 0) is 10.0 Å². The molecule has 0 bridgehead atoms. The van der Waals surface area contributed by atoms with E-state index in [0.717, 1.165) is 11.1 Å². The van der Waals surface area contributed by atoms with Crippen LogP contribution in [0.1, 0.15) is 20.1 Å². The lowest BCUT2D eigenvalue weighted by Gasteiger charge is -2.07. The van der Waals surface area contributed by atoms with Gasteiger partial charge in [0.05, 0.1) is 17.4 Å². The van der Waals surface area contributed by atoms with E-state index < -0.39 is 16.0 Å². The highest BCUT2D eigenvalue weighted by Gasteiger charge is 2.19. The summed E-state index contributed by atoms with van der Waals surface area (Å²) in [7, 11) is -3.74. The van der Waals surface area contributed by atoms with Gasteiger partial charge in [-0.3, -0.25) is 9.71 Å². The minimum atomic E-state index is -3.74. The lowest BCUT2D eigenvalue weighted by atomic mass is 10.3. The molecule has 2 aromatic heterocycles. The Morgan fingerprint density at radius 1 is 1.30 bits per heavy atom. The molecule has 20 heavy (non-hydrogen) atoms. The Kier molecular flexibility index (Phi) is 3.78. The maximum absolute atomic E-state index is 12.2. The number of carboxylic acid groups (broad SMARTS) is 1. The predicted molar refractivity (Wildman–Crippen MR) is 75.8 cm³/mol. The van der Waals surface area contributed by atoms with Gasteiger partial charge in [0.1, 0.15) is 4.90 Å². The predicted octanol–water partition coefficient (Wildman–Crippen LogP) is 2.26. The van der Waals surface area contributed by atoms with E-state index in [-0.39, 0.29) is 16.1 Å². The molecule has 0 aliphatic rings. The SMILES string of the molecule is Cc1cc(S(=O)(=O)Nc2cncc(C(=O)O)c2)c(C)s1. The number of nitrogens with one attached hydrogen (secondary N) is 1. The van der Waals surface area contributed by atoms with Crippen molar-refractivity contribution in [3.8, 4) is 0 Å². The molecule has 2 rings (SSSR count). The molecule has 0 unspecified atom stereocenters. The van der Waals surface area contributed by atoms with E-state index in [1.54, 1.807) is 13.0 Å². The number of nitrogens with zero attached hydrogens (tertiary/aromatic N) is 1. The average Bonchev–Trinajstić information content (AvgIpc) is 2.69. The fraction of sp³-hybridized carbons (Fsp3) is 0.167. The summed E-state index contributed by atoms with van der Waals surface area (Å²) >= 11 is 1.39. The number of aromatic nitrogens is 1. The topological polar surface area (TPSA) is 96.4 Å². The molecule has 8 heteroatoms. The number of hydrogen-bond donors (Lipinski definition) is 2. The smallest absolute Gasteiger partial charge is 0.337 e. The first kappa shape index (κ1) is 14.5. The van der Waals surface area contributed by atoms with Crippen molar-refractivity contribution >= 4 is 33.0 Å². The highest BCUT2D eigenvalue weighted by atomic mass is 32.2. The van der Waals surface area contributed by atoms with Crippen molar-refractivity contribution in [1.82, 2.24) is 4.98 Å². The van der Waals surface area contributed by atoms with Crippen molar-refractivity contribution in [2.24, 2.45) is 0 Å². The third-order valence-electron chi connectivity index (χ3n) is 2.52. The lowest BCUT2D eigenvalue weighted by Crippen LogP contribution is -2.13. The highest BCUT2D eigenvalue weighted by Crippen LogP contribution is 2.26. The molecule has 0 saturated heterocycles. The molecule has 0 aliphatic carbocycles. The lowest BCUT2D eigenvalue weighted by molar-refractivity contribution is 0.0696. The minimum absolute atomic E-state index is 0.0802. The molecule has 0 saturated carbocycles. The van der Waals surface area contributed by atoms with E-state index >= 15 is 0 Å². The van der Waals surface area contributed by atoms with Gasteiger partial charge in [0, 0.05) is 16.0 Å². The number of carbonyl (C=O) groups is 1. The van der Waals surface area contributed by atoms with Crippen LogP contribution in [0.25, 0.3) is 0 Å². The zero-order valence-corrected chi connectivity index (χ0v) is 12.4. The summed E-state index contributed by atoms with van der Waals surface area (Å²) in [5.74, 6) is -1.17. The maximum Gasteiger partial charge on any atom is 0.337 e. The van der Waals surface area contributed by atoms with Crippen LogP contribution in [0.3, 0.4) is 0 Å². The number of sulfonamides is 1. The number of thiophene rings is 1. The normalized spacial score (nSPS) is 11.3. The molecular formula is C12H12N2O4S2. The first-order valence-electron chi connectivity index (χ1n) is 5.58. The van der Waals surface area contributed by atoms with Gasteiger partial charge in [-0.15, -0.1) is 11.3 Å². The van der Waals surface area contributed by atoms with Crippen molar-refractivity contribution < 1.29 is 18.3 Å². The van der Waals surface area contributed by atoms with Gasteiger partial charge in [0.2, 0.25) is 0 Å². The van der Waals surface area contributed by atoms with Crippen molar-refractivity contribution in [2.45, 2.75) is 18.7 Å². The molecule has 2 N–H and O–H groups in total. The number of aryl methyl sites for hydroxylation is 2. The Labute approximate surface area is 120 Å². The standard InChI is InChI=1S/C12H12N2O4S2/c1-7-3-11(8(2)19-7)20(17,18)14-10-4-9(12(15)16)5-13-6-10/h3-6,14H,1-2H3,(H,15,16). The van der Waals surface area contributed by atoms with Crippen molar-refractivity contribution in [3.05, 3.63) is 39.8 Å². The zero-order valence-electron chi connectivity index (χ0n) is 10.7. The Balaban J connectivity index is 2.36. The summed E-state index contributed by atoms with van der Waals surface area (Å²) in [6, 6.07) is 2.80. The van der Waals surface area contributed by atoms with E-state index in [9.17, 15) is 13.2 Å². The molecule has 6 nitrogen and oxygen atoms in total. The summed E-state index contributed by atoms with van der Waals surface area (Å²) in [6.45, 7) is 3.54. The Hall–Kier alpha value is -1.93. The number of carboxylic acids is 1. The van der Waals surface area contributed by atoms with Crippen molar-refractivity contribution in [2.75, 3.05) is 4.72 Å². The van der Waals surface area contributed by atoms with Crippen LogP contribution in [0.5, 0.6) is 0 Å². The van der Waals surface area contributed by atoms with E-state index in [1.165, 1.54) is 23.6 Å². The monoisotopic (exact) mass is 312 g/mol. The van der Waals surface area contributed by atoms with E-state index in [0.29, 0.717) is 4.88 Å². The number of aromatic carboxylic acids is 1. The van der Waals surface area contributed by atoms with Crippen LogP contribution < -0.4 is 4.72 Å². The van der Waals surface area contributed by atoms with Crippen LogP contribution in [-0.4, -0.2) is 24.5 Å². The molecule has 106 valence electrons. The van der Waals surface area contributed by atoms with Crippen LogP contribution in [0.15, 0.2) is 29.4 Å². The number of pyridine rings is 1. The fourth-order valence-electron chi connectivity index (χ4n) is 1.70. The van der Waals surface area contributed by atoms with E-state index in [2.05, 4.69) is 9.71 Å². The number of hydrogen-bond acceptors (Lipinski definition) is 5. The Morgan fingerprint density at radius 2 is 2.00 bits per heavy atom. The summed E-state index contributed by atoms with van der Waals surface area (Å²) in [5, 5.41) is 8.86. The Morgan fingerprint density at radius 3 is 2.55 bits per heavy atom. The van der Waals surface area contributed by atoms with Crippen molar-refractivity contribution in [1.29, 1.82) is 0 Å². The molecule has 0 amide bonds.